The van der Waals surface area contributed by atoms with Gasteiger partial charge in [-0.15, -0.1) is 11.8 Å². The third kappa shape index (κ3) is 3.15. The second-order valence-corrected chi connectivity index (χ2v) is 6.37. The molecule has 20 heavy (non-hydrogen) atoms. The van der Waals surface area contributed by atoms with Crippen LogP contribution >= 0.6 is 11.8 Å². The Bertz CT molecular complexity index is 518. The topological polar surface area (TPSA) is 57.6 Å². The Kier molecular flexibility index (Phi) is 4.70. The number of carbonyl (C=O) groups is 2. The Morgan fingerprint density at radius 2 is 2.15 bits per heavy atom. The minimum atomic E-state index is -0.874. The minimum Gasteiger partial charge on any atom is -0.481 e. The fraction of sp³-hybridized carbons (Fsp3) is 0.467. The standard InChI is InChI=1S/C15H19NO3S/c1-10(15(18)19)9-16(2)14(17)13-12-6-4-3-5-11(12)7-8-20-13/h3-6,10,13H,7-9H2,1-2H3,(H,18,19)/t10-,13+/m1/s1. The minimum absolute atomic E-state index is 0.00440. The summed E-state index contributed by atoms with van der Waals surface area (Å²) in [5, 5.41) is 8.73. The van der Waals surface area contributed by atoms with Crippen molar-refractivity contribution in [2.45, 2.75) is 18.6 Å². The number of aryl methyl sites for hydroxylation is 1. The molecule has 1 aromatic rings. The number of benzene rings is 1. The number of carbonyl (C=O) groups excluding carboxylic acids is 1. The van der Waals surface area contributed by atoms with E-state index in [4.69, 9.17) is 5.11 Å². The maximum Gasteiger partial charge on any atom is 0.308 e. The first-order chi connectivity index (χ1) is 9.50. The number of likely N-dealkylation sites (N-methyl/N-ethyl adjacent to an activating group) is 1. The van der Waals surface area contributed by atoms with Crippen molar-refractivity contribution in [2.75, 3.05) is 19.3 Å². The first-order valence-electron chi connectivity index (χ1n) is 6.68. The lowest BCUT2D eigenvalue weighted by molar-refractivity contribution is -0.142. The first kappa shape index (κ1) is 14.9. The molecule has 0 aromatic heterocycles. The molecule has 2 rings (SSSR count). The summed E-state index contributed by atoms with van der Waals surface area (Å²) in [7, 11) is 1.68. The van der Waals surface area contributed by atoms with Gasteiger partial charge < -0.3 is 10.0 Å². The number of fused-ring (bicyclic) bond motifs is 1. The third-order valence-corrected chi connectivity index (χ3v) is 4.79. The van der Waals surface area contributed by atoms with Crippen LogP contribution in [-0.2, 0) is 16.0 Å². The number of carboxylic acids is 1. The summed E-state index contributed by atoms with van der Waals surface area (Å²) in [6.07, 6.45) is 0.986. The second-order valence-electron chi connectivity index (χ2n) is 5.16. The Hall–Kier alpha value is -1.49. The Morgan fingerprint density at radius 1 is 1.45 bits per heavy atom. The van der Waals surface area contributed by atoms with E-state index in [9.17, 15) is 9.59 Å². The third-order valence-electron chi connectivity index (χ3n) is 3.56. The van der Waals surface area contributed by atoms with Crippen LogP contribution in [0.4, 0.5) is 0 Å². The van der Waals surface area contributed by atoms with E-state index in [1.54, 1.807) is 30.6 Å². The van der Waals surface area contributed by atoms with Crippen LogP contribution in [0.5, 0.6) is 0 Å². The van der Waals surface area contributed by atoms with Gasteiger partial charge in [-0.2, -0.15) is 0 Å². The summed E-state index contributed by atoms with van der Waals surface area (Å²) < 4.78 is 0. The van der Waals surface area contributed by atoms with Crippen molar-refractivity contribution in [1.82, 2.24) is 4.90 Å². The van der Waals surface area contributed by atoms with Crippen LogP contribution in [0.1, 0.15) is 23.3 Å². The van der Waals surface area contributed by atoms with Gasteiger partial charge in [-0.25, -0.2) is 0 Å². The van der Waals surface area contributed by atoms with E-state index < -0.39 is 11.9 Å². The summed E-state index contributed by atoms with van der Waals surface area (Å²) >= 11 is 1.64. The molecule has 2 atom stereocenters. The molecule has 0 saturated heterocycles. The molecule has 0 aliphatic carbocycles. The van der Waals surface area contributed by atoms with Crippen molar-refractivity contribution >= 4 is 23.6 Å². The molecule has 1 aromatic carbocycles. The molecule has 0 fully saturated rings. The zero-order valence-electron chi connectivity index (χ0n) is 11.7. The highest BCUT2D eigenvalue weighted by atomic mass is 32.2. The van der Waals surface area contributed by atoms with Crippen LogP contribution < -0.4 is 0 Å². The average Bonchev–Trinajstić information content (AvgIpc) is 2.45. The number of aliphatic carboxylic acids is 1. The van der Waals surface area contributed by atoms with Crippen molar-refractivity contribution in [1.29, 1.82) is 0 Å². The maximum absolute atomic E-state index is 12.5. The number of hydrogen-bond donors (Lipinski definition) is 1. The van der Waals surface area contributed by atoms with Crippen LogP contribution in [0, 0.1) is 5.92 Å². The number of amides is 1. The van der Waals surface area contributed by atoms with Gasteiger partial charge >= 0.3 is 5.97 Å². The van der Waals surface area contributed by atoms with Crippen LogP contribution in [0.25, 0.3) is 0 Å². The van der Waals surface area contributed by atoms with Crippen LogP contribution in [0.2, 0.25) is 0 Å². The summed E-state index contributed by atoms with van der Waals surface area (Å²) in [4.78, 5) is 25.0. The largest absolute Gasteiger partial charge is 0.481 e. The monoisotopic (exact) mass is 293 g/mol. The van der Waals surface area contributed by atoms with Gasteiger partial charge in [0.15, 0.2) is 0 Å². The van der Waals surface area contributed by atoms with E-state index in [0.29, 0.717) is 0 Å². The highest BCUT2D eigenvalue weighted by Gasteiger charge is 2.30. The first-order valence-corrected chi connectivity index (χ1v) is 7.72. The van der Waals surface area contributed by atoms with Crippen molar-refractivity contribution in [3.63, 3.8) is 0 Å². The molecule has 4 nitrogen and oxygen atoms in total. The predicted molar refractivity (Wildman–Crippen MR) is 79.8 cm³/mol. The van der Waals surface area contributed by atoms with E-state index in [-0.39, 0.29) is 17.7 Å². The average molecular weight is 293 g/mol. The lowest BCUT2D eigenvalue weighted by Crippen LogP contribution is -2.37. The number of nitrogens with zero attached hydrogens (tertiary/aromatic N) is 1. The fourth-order valence-corrected chi connectivity index (χ4v) is 3.68. The van der Waals surface area contributed by atoms with E-state index in [0.717, 1.165) is 17.7 Å². The maximum atomic E-state index is 12.5. The van der Waals surface area contributed by atoms with Gasteiger partial charge in [-0.1, -0.05) is 31.2 Å². The Morgan fingerprint density at radius 3 is 2.85 bits per heavy atom. The molecule has 0 unspecified atom stereocenters. The van der Waals surface area contributed by atoms with Gasteiger partial charge in [0.1, 0.15) is 5.25 Å². The molecule has 108 valence electrons. The van der Waals surface area contributed by atoms with Gasteiger partial charge in [-0.3, -0.25) is 9.59 Å². The molecule has 0 bridgehead atoms. The molecule has 5 heteroatoms. The Balaban J connectivity index is 2.12. The van der Waals surface area contributed by atoms with Crippen LogP contribution in [0.3, 0.4) is 0 Å². The molecule has 1 N–H and O–H groups in total. The zero-order chi connectivity index (χ0) is 14.7. The van der Waals surface area contributed by atoms with Crippen LogP contribution in [0.15, 0.2) is 24.3 Å². The zero-order valence-corrected chi connectivity index (χ0v) is 12.5. The van der Waals surface area contributed by atoms with Crippen molar-refractivity contribution < 1.29 is 14.7 Å². The summed E-state index contributed by atoms with van der Waals surface area (Å²) in [6.45, 7) is 1.86. The Labute approximate surface area is 123 Å². The van der Waals surface area contributed by atoms with Crippen molar-refractivity contribution in [2.24, 2.45) is 5.92 Å². The normalized spacial score (nSPS) is 19.0. The molecule has 1 aliphatic heterocycles. The van der Waals surface area contributed by atoms with Gasteiger partial charge in [0.05, 0.1) is 5.92 Å². The SMILES string of the molecule is C[C@H](CN(C)C(=O)[C@H]1SCCc2ccccc21)C(=O)O. The summed E-state index contributed by atoms with van der Waals surface area (Å²) in [6, 6.07) is 8.01. The van der Waals surface area contributed by atoms with E-state index >= 15 is 0 Å². The van der Waals surface area contributed by atoms with Gasteiger partial charge in [0, 0.05) is 13.6 Å². The number of carboxylic acid groups (broad SMARTS) is 1. The van der Waals surface area contributed by atoms with E-state index in [2.05, 4.69) is 6.07 Å². The number of thioether (sulfide) groups is 1. The van der Waals surface area contributed by atoms with Gasteiger partial charge in [-0.05, 0) is 23.3 Å². The highest BCUT2D eigenvalue weighted by molar-refractivity contribution is 8.00. The molecule has 0 radical (unpaired) electrons. The molecule has 1 amide bonds. The molecule has 0 saturated carbocycles. The summed E-state index contributed by atoms with van der Waals surface area (Å²) in [5.74, 6) is -0.500. The lowest BCUT2D eigenvalue weighted by Gasteiger charge is -2.29. The van der Waals surface area contributed by atoms with Gasteiger partial charge in [0.2, 0.25) is 5.91 Å². The number of rotatable bonds is 4. The summed E-state index contributed by atoms with van der Waals surface area (Å²) in [5.41, 5.74) is 2.30. The number of hydrogen-bond acceptors (Lipinski definition) is 3. The van der Waals surface area contributed by atoms with E-state index in [1.165, 1.54) is 5.56 Å². The fourth-order valence-electron chi connectivity index (χ4n) is 2.38. The van der Waals surface area contributed by atoms with Crippen molar-refractivity contribution in [3.8, 4) is 0 Å². The second kappa shape index (κ2) is 6.31. The smallest absolute Gasteiger partial charge is 0.308 e. The van der Waals surface area contributed by atoms with E-state index in [1.807, 2.05) is 18.2 Å². The predicted octanol–water partition coefficient (Wildman–Crippen LogP) is 2.20. The highest BCUT2D eigenvalue weighted by Crippen LogP contribution is 2.37. The molecular weight excluding hydrogens is 274 g/mol. The lowest BCUT2D eigenvalue weighted by atomic mass is 10.0. The van der Waals surface area contributed by atoms with Crippen LogP contribution in [-0.4, -0.2) is 41.2 Å². The van der Waals surface area contributed by atoms with Gasteiger partial charge in [0.25, 0.3) is 0 Å². The van der Waals surface area contributed by atoms with Crippen molar-refractivity contribution in [3.05, 3.63) is 35.4 Å². The molecule has 1 aliphatic rings. The molecule has 0 spiro atoms. The molecule has 1 heterocycles. The quantitative estimate of drug-likeness (QED) is 0.924. The molecular formula is C15H19NO3S.